The maximum atomic E-state index is 11.9. The molecule has 0 bridgehead atoms. The first-order valence-corrected chi connectivity index (χ1v) is 7.49. The van der Waals surface area contributed by atoms with Gasteiger partial charge in [-0.2, -0.15) is 0 Å². The van der Waals surface area contributed by atoms with E-state index in [1.54, 1.807) is 19.2 Å². The minimum absolute atomic E-state index is 0.0679. The van der Waals surface area contributed by atoms with Crippen LogP contribution in [0.1, 0.15) is 24.8 Å². The Morgan fingerprint density at radius 1 is 1.32 bits per heavy atom. The van der Waals surface area contributed by atoms with Crippen molar-refractivity contribution in [2.75, 3.05) is 20.2 Å². The Morgan fingerprint density at radius 2 is 2.05 bits per heavy atom. The van der Waals surface area contributed by atoms with Crippen LogP contribution in [0.3, 0.4) is 0 Å². The van der Waals surface area contributed by atoms with Gasteiger partial charge in [-0.05, 0) is 37.1 Å². The molecule has 1 aliphatic rings. The van der Waals surface area contributed by atoms with Gasteiger partial charge < -0.3 is 15.2 Å². The molecular formula is C16H22N2O4. The van der Waals surface area contributed by atoms with E-state index in [2.05, 4.69) is 10.2 Å². The number of amides is 1. The molecule has 1 aromatic rings. The lowest BCUT2D eigenvalue weighted by atomic mass is 10.0. The molecule has 0 spiro atoms. The number of benzene rings is 1. The fraction of sp³-hybridized carbons (Fsp3) is 0.500. The van der Waals surface area contributed by atoms with Crippen LogP contribution in [0.4, 0.5) is 0 Å². The van der Waals surface area contributed by atoms with Crippen molar-refractivity contribution in [3.05, 3.63) is 29.8 Å². The number of hydrogen-bond acceptors (Lipinski definition) is 4. The van der Waals surface area contributed by atoms with E-state index in [0.29, 0.717) is 12.3 Å². The molecule has 1 unspecified atom stereocenters. The number of aliphatic carboxylic acids is 1. The van der Waals surface area contributed by atoms with Crippen LogP contribution in [0, 0.1) is 0 Å². The molecule has 0 saturated carbocycles. The zero-order valence-corrected chi connectivity index (χ0v) is 12.7. The summed E-state index contributed by atoms with van der Waals surface area (Å²) in [7, 11) is 1.67. The van der Waals surface area contributed by atoms with Crippen molar-refractivity contribution in [3.8, 4) is 5.75 Å². The van der Waals surface area contributed by atoms with Crippen LogP contribution in [0.25, 0.3) is 0 Å². The number of nitrogens with one attached hydrogen (secondary N) is 1. The molecule has 1 fully saturated rings. The number of carbonyl (C=O) groups excluding carboxylic acids is 1. The Bertz CT molecular complexity index is 515. The Morgan fingerprint density at radius 3 is 2.68 bits per heavy atom. The lowest BCUT2D eigenvalue weighted by molar-refractivity contribution is -0.139. The highest BCUT2D eigenvalue weighted by Gasteiger charge is 2.27. The van der Waals surface area contributed by atoms with Gasteiger partial charge in [0.2, 0.25) is 5.91 Å². The second-order valence-corrected chi connectivity index (χ2v) is 5.42. The first-order chi connectivity index (χ1) is 10.6. The third kappa shape index (κ3) is 4.46. The summed E-state index contributed by atoms with van der Waals surface area (Å²) >= 11 is 0. The Balaban J connectivity index is 1.96. The minimum atomic E-state index is -0.995. The lowest BCUT2D eigenvalue weighted by Gasteiger charge is -2.34. The van der Waals surface area contributed by atoms with Crippen LogP contribution in [-0.4, -0.2) is 48.1 Å². The van der Waals surface area contributed by atoms with E-state index in [9.17, 15) is 9.59 Å². The summed E-state index contributed by atoms with van der Waals surface area (Å²) in [6.07, 6.45) is 3.07. The fourth-order valence-corrected chi connectivity index (χ4v) is 2.71. The normalized spacial score (nSPS) is 18.7. The number of likely N-dealkylation sites (N-methyl/N-ethyl adjacent to an activating group) is 1. The van der Waals surface area contributed by atoms with Gasteiger partial charge in [-0.25, -0.2) is 4.79 Å². The smallest absolute Gasteiger partial charge is 0.341 e. The van der Waals surface area contributed by atoms with Crippen LogP contribution < -0.4 is 10.1 Å². The largest absolute Gasteiger partial charge is 0.482 e. The first-order valence-electron chi connectivity index (χ1n) is 7.49. The van der Waals surface area contributed by atoms with Gasteiger partial charge in [0.25, 0.3) is 0 Å². The lowest BCUT2D eigenvalue weighted by Crippen LogP contribution is -2.48. The summed E-state index contributed by atoms with van der Waals surface area (Å²) in [4.78, 5) is 24.6. The molecule has 22 heavy (non-hydrogen) atoms. The molecule has 1 atom stereocenters. The fourth-order valence-electron chi connectivity index (χ4n) is 2.71. The van der Waals surface area contributed by atoms with Crippen LogP contribution in [0.2, 0.25) is 0 Å². The predicted molar refractivity (Wildman–Crippen MR) is 81.7 cm³/mol. The first kappa shape index (κ1) is 16.3. The number of carboxylic acid groups (broad SMARTS) is 1. The number of carboxylic acids is 1. The van der Waals surface area contributed by atoms with Gasteiger partial charge in [0.05, 0.1) is 6.04 Å². The van der Waals surface area contributed by atoms with Crippen molar-refractivity contribution >= 4 is 11.9 Å². The van der Waals surface area contributed by atoms with Gasteiger partial charge >= 0.3 is 5.97 Å². The number of carbonyl (C=O) groups is 2. The maximum Gasteiger partial charge on any atom is 0.341 e. The molecule has 1 aliphatic heterocycles. The molecule has 1 aromatic carbocycles. The summed E-state index contributed by atoms with van der Waals surface area (Å²) in [6.45, 7) is 1.27. The van der Waals surface area contributed by atoms with Gasteiger partial charge in [0.1, 0.15) is 5.75 Å². The monoisotopic (exact) mass is 306 g/mol. The van der Waals surface area contributed by atoms with E-state index in [1.807, 2.05) is 12.1 Å². The third-order valence-electron chi connectivity index (χ3n) is 3.83. The third-order valence-corrected chi connectivity index (χ3v) is 3.83. The van der Waals surface area contributed by atoms with Crippen LogP contribution in [-0.2, 0) is 16.1 Å². The summed E-state index contributed by atoms with van der Waals surface area (Å²) in [5, 5.41) is 11.3. The zero-order valence-electron chi connectivity index (χ0n) is 12.7. The van der Waals surface area contributed by atoms with E-state index < -0.39 is 5.97 Å². The second-order valence-electron chi connectivity index (χ2n) is 5.42. The molecule has 0 radical (unpaired) electrons. The van der Waals surface area contributed by atoms with Crippen molar-refractivity contribution in [1.29, 1.82) is 0 Å². The topological polar surface area (TPSA) is 78.9 Å². The number of ether oxygens (including phenoxy) is 1. The molecule has 6 heteroatoms. The average molecular weight is 306 g/mol. The molecule has 2 N–H and O–H groups in total. The van der Waals surface area contributed by atoms with Gasteiger partial charge in [0, 0.05) is 13.6 Å². The second kappa shape index (κ2) is 7.79. The van der Waals surface area contributed by atoms with Gasteiger partial charge in [-0.3, -0.25) is 9.69 Å². The molecule has 1 amide bonds. The highest BCUT2D eigenvalue weighted by Crippen LogP contribution is 2.21. The Labute approximate surface area is 130 Å². The SMILES string of the molecule is CNC(=O)C1CCCCN1Cc1ccc(OCC(=O)O)cc1. The van der Waals surface area contributed by atoms with E-state index in [-0.39, 0.29) is 18.6 Å². The Kier molecular flexibility index (Phi) is 5.77. The minimum Gasteiger partial charge on any atom is -0.482 e. The van der Waals surface area contributed by atoms with Gasteiger partial charge in [-0.15, -0.1) is 0 Å². The number of rotatable bonds is 6. The highest BCUT2D eigenvalue weighted by atomic mass is 16.5. The maximum absolute atomic E-state index is 11.9. The predicted octanol–water partition coefficient (Wildman–Crippen LogP) is 1.25. The van der Waals surface area contributed by atoms with Crippen LogP contribution >= 0.6 is 0 Å². The summed E-state index contributed by atoms with van der Waals surface area (Å²) in [5.74, 6) is -0.389. The summed E-state index contributed by atoms with van der Waals surface area (Å²) < 4.78 is 5.11. The van der Waals surface area contributed by atoms with E-state index in [0.717, 1.165) is 31.4 Å². The van der Waals surface area contributed by atoms with Gasteiger partial charge in [0.15, 0.2) is 6.61 Å². The number of hydrogen-bond donors (Lipinski definition) is 2. The van der Waals surface area contributed by atoms with Crippen molar-refractivity contribution in [1.82, 2.24) is 10.2 Å². The van der Waals surface area contributed by atoms with Crippen LogP contribution in [0.15, 0.2) is 24.3 Å². The van der Waals surface area contributed by atoms with Crippen molar-refractivity contribution in [2.24, 2.45) is 0 Å². The molecular weight excluding hydrogens is 284 g/mol. The number of piperidine rings is 1. The Hall–Kier alpha value is -2.08. The summed E-state index contributed by atoms with van der Waals surface area (Å²) in [6, 6.07) is 7.27. The van der Waals surface area contributed by atoms with E-state index in [4.69, 9.17) is 9.84 Å². The van der Waals surface area contributed by atoms with Crippen molar-refractivity contribution in [3.63, 3.8) is 0 Å². The molecule has 1 saturated heterocycles. The summed E-state index contributed by atoms with van der Waals surface area (Å²) in [5.41, 5.74) is 1.08. The van der Waals surface area contributed by atoms with E-state index in [1.165, 1.54) is 0 Å². The molecule has 1 heterocycles. The molecule has 2 rings (SSSR count). The zero-order chi connectivity index (χ0) is 15.9. The van der Waals surface area contributed by atoms with Crippen LogP contribution in [0.5, 0.6) is 5.75 Å². The standard InChI is InChI=1S/C16H22N2O4/c1-17-16(21)14-4-2-3-9-18(14)10-12-5-7-13(8-6-12)22-11-15(19)20/h5-8,14H,2-4,9-11H2,1H3,(H,17,21)(H,19,20). The molecule has 6 nitrogen and oxygen atoms in total. The molecule has 0 aliphatic carbocycles. The van der Waals surface area contributed by atoms with Crippen molar-refractivity contribution < 1.29 is 19.4 Å². The quantitative estimate of drug-likeness (QED) is 0.827. The number of nitrogens with zero attached hydrogens (tertiary/aromatic N) is 1. The number of likely N-dealkylation sites (tertiary alicyclic amines) is 1. The average Bonchev–Trinajstić information content (AvgIpc) is 2.54. The van der Waals surface area contributed by atoms with Crippen molar-refractivity contribution in [2.45, 2.75) is 31.8 Å². The van der Waals surface area contributed by atoms with E-state index >= 15 is 0 Å². The van der Waals surface area contributed by atoms with Gasteiger partial charge in [-0.1, -0.05) is 18.6 Å². The highest BCUT2D eigenvalue weighted by molar-refractivity contribution is 5.81. The molecule has 0 aromatic heterocycles. The molecule has 120 valence electrons.